The zero-order chi connectivity index (χ0) is 15.1. The van der Waals surface area contributed by atoms with Crippen LogP contribution < -0.4 is 0 Å². The van der Waals surface area contributed by atoms with Crippen LogP contribution in [0.5, 0.6) is 0 Å². The Balaban J connectivity index is 2.21. The molecular weight excluding hydrogens is 270 g/mol. The van der Waals surface area contributed by atoms with Gasteiger partial charge in [0.2, 0.25) is 0 Å². The summed E-state index contributed by atoms with van der Waals surface area (Å²) >= 11 is 0. The van der Waals surface area contributed by atoms with Crippen LogP contribution in [0.25, 0.3) is 11.0 Å². The maximum atomic E-state index is 5.82. The van der Waals surface area contributed by atoms with E-state index in [0.717, 1.165) is 11.0 Å². The molecule has 0 saturated heterocycles. The van der Waals surface area contributed by atoms with Gasteiger partial charge in [-0.25, -0.2) is 4.68 Å². The lowest BCUT2D eigenvalue weighted by molar-refractivity contribution is -0.168. The Morgan fingerprint density at radius 2 is 1.67 bits per heavy atom. The third-order valence-electron chi connectivity index (χ3n) is 3.11. The first-order valence-electron chi connectivity index (χ1n) is 7.44. The van der Waals surface area contributed by atoms with Gasteiger partial charge in [0.1, 0.15) is 5.52 Å². The van der Waals surface area contributed by atoms with Crippen molar-refractivity contribution in [2.24, 2.45) is 0 Å². The van der Waals surface area contributed by atoms with Gasteiger partial charge >= 0.3 is 0 Å². The number of hydrogen-bond acceptors (Lipinski definition) is 5. The van der Waals surface area contributed by atoms with E-state index in [1.807, 2.05) is 45.0 Å². The highest BCUT2D eigenvalue weighted by atomic mass is 16.7. The Bertz CT molecular complexity index is 538. The Hall–Kier alpha value is -1.50. The standard InChI is InChI=1S/C15H23N3O3/c1-4-19-14(11-15(20-5-2)21-6-3)18-13-10-8-7-9-12(13)16-17-18/h7-10,14-15H,4-6,11H2,1-3H3. The molecule has 0 saturated carbocycles. The van der Waals surface area contributed by atoms with E-state index in [9.17, 15) is 0 Å². The summed E-state index contributed by atoms with van der Waals surface area (Å²) < 4.78 is 18.8. The van der Waals surface area contributed by atoms with Gasteiger partial charge in [0.05, 0.1) is 5.52 Å². The van der Waals surface area contributed by atoms with Crippen molar-refractivity contribution in [3.63, 3.8) is 0 Å². The van der Waals surface area contributed by atoms with Crippen LogP contribution in [0, 0.1) is 0 Å². The zero-order valence-corrected chi connectivity index (χ0v) is 12.9. The molecule has 1 atom stereocenters. The molecule has 0 aliphatic heterocycles. The highest BCUT2D eigenvalue weighted by Gasteiger charge is 2.21. The molecule has 0 N–H and O–H groups in total. The van der Waals surface area contributed by atoms with Gasteiger partial charge in [-0.15, -0.1) is 5.10 Å². The first kappa shape index (κ1) is 15.9. The fourth-order valence-electron chi connectivity index (χ4n) is 2.25. The van der Waals surface area contributed by atoms with Crippen molar-refractivity contribution >= 4 is 11.0 Å². The van der Waals surface area contributed by atoms with Crippen molar-refractivity contribution in [2.75, 3.05) is 19.8 Å². The molecule has 1 heterocycles. The van der Waals surface area contributed by atoms with Crippen molar-refractivity contribution in [1.82, 2.24) is 15.0 Å². The molecule has 0 aliphatic rings. The zero-order valence-electron chi connectivity index (χ0n) is 12.9. The van der Waals surface area contributed by atoms with E-state index < -0.39 is 0 Å². The SMILES string of the molecule is CCOC(CC(OCC)n1nnc2ccccc21)OCC. The summed E-state index contributed by atoms with van der Waals surface area (Å²) in [4.78, 5) is 0. The van der Waals surface area contributed by atoms with Gasteiger partial charge in [0.15, 0.2) is 12.5 Å². The lowest BCUT2D eigenvalue weighted by atomic mass is 10.3. The minimum atomic E-state index is -0.306. The van der Waals surface area contributed by atoms with E-state index in [2.05, 4.69) is 10.3 Å². The molecule has 0 spiro atoms. The average Bonchev–Trinajstić information content (AvgIpc) is 2.91. The minimum absolute atomic E-state index is 0.259. The van der Waals surface area contributed by atoms with Gasteiger partial charge < -0.3 is 14.2 Å². The molecule has 0 aliphatic carbocycles. The maximum Gasteiger partial charge on any atom is 0.161 e. The van der Waals surface area contributed by atoms with Crippen molar-refractivity contribution in [2.45, 2.75) is 39.7 Å². The second kappa shape index (κ2) is 8.07. The molecule has 2 rings (SSSR count). The van der Waals surface area contributed by atoms with Crippen molar-refractivity contribution in [3.8, 4) is 0 Å². The van der Waals surface area contributed by atoms with E-state index in [4.69, 9.17) is 14.2 Å². The first-order valence-corrected chi connectivity index (χ1v) is 7.44. The largest absolute Gasteiger partial charge is 0.356 e. The molecule has 1 aromatic carbocycles. The minimum Gasteiger partial charge on any atom is -0.356 e. The van der Waals surface area contributed by atoms with E-state index in [0.29, 0.717) is 26.2 Å². The number of aromatic nitrogens is 3. The number of fused-ring (bicyclic) bond motifs is 1. The third-order valence-corrected chi connectivity index (χ3v) is 3.11. The van der Waals surface area contributed by atoms with Crippen LogP contribution in [0.1, 0.15) is 33.4 Å². The summed E-state index contributed by atoms with van der Waals surface area (Å²) in [6.07, 6.45) is 0.00749. The van der Waals surface area contributed by atoms with Crippen LogP contribution in [0.15, 0.2) is 24.3 Å². The first-order chi connectivity index (χ1) is 10.3. The molecule has 1 unspecified atom stereocenters. The number of hydrogen-bond donors (Lipinski definition) is 0. The fourth-order valence-corrected chi connectivity index (χ4v) is 2.25. The highest BCUT2D eigenvalue weighted by Crippen LogP contribution is 2.22. The molecule has 6 heteroatoms. The monoisotopic (exact) mass is 293 g/mol. The summed E-state index contributed by atoms with van der Waals surface area (Å²) in [6.45, 7) is 7.65. The summed E-state index contributed by atoms with van der Waals surface area (Å²) in [6, 6.07) is 7.83. The molecule has 0 radical (unpaired) electrons. The Kier molecular flexibility index (Phi) is 6.10. The molecule has 6 nitrogen and oxygen atoms in total. The van der Waals surface area contributed by atoms with Gasteiger partial charge in [-0.1, -0.05) is 17.3 Å². The van der Waals surface area contributed by atoms with Crippen LogP contribution in [0.4, 0.5) is 0 Å². The normalized spacial score (nSPS) is 13.1. The summed E-state index contributed by atoms with van der Waals surface area (Å²) in [7, 11) is 0. The van der Waals surface area contributed by atoms with Crippen LogP contribution in [0.3, 0.4) is 0 Å². The molecule has 2 aromatic rings. The van der Waals surface area contributed by atoms with Crippen LogP contribution >= 0.6 is 0 Å². The molecule has 21 heavy (non-hydrogen) atoms. The topological polar surface area (TPSA) is 58.4 Å². The molecule has 116 valence electrons. The highest BCUT2D eigenvalue weighted by molar-refractivity contribution is 5.73. The van der Waals surface area contributed by atoms with Gasteiger partial charge in [-0.3, -0.25) is 0 Å². The molecular formula is C15H23N3O3. The van der Waals surface area contributed by atoms with Gasteiger partial charge in [0.25, 0.3) is 0 Å². The number of rotatable bonds is 9. The number of para-hydroxylation sites is 1. The quantitative estimate of drug-likeness (QED) is 0.665. The molecule has 0 fully saturated rings. The number of ether oxygens (including phenoxy) is 3. The predicted molar refractivity (Wildman–Crippen MR) is 79.8 cm³/mol. The van der Waals surface area contributed by atoms with E-state index in [-0.39, 0.29) is 12.5 Å². The summed E-state index contributed by atoms with van der Waals surface area (Å²) in [5.41, 5.74) is 1.80. The third kappa shape index (κ3) is 4.00. The van der Waals surface area contributed by atoms with Gasteiger partial charge in [-0.05, 0) is 32.9 Å². The molecule has 0 bridgehead atoms. The second-order valence-electron chi connectivity index (χ2n) is 4.51. The van der Waals surface area contributed by atoms with Gasteiger partial charge in [0, 0.05) is 26.2 Å². The lowest BCUT2D eigenvalue weighted by Gasteiger charge is -2.23. The van der Waals surface area contributed by atoms with Crippen LogP contribution in [-0.4, -0.2) is 41.1 Å². The predicted octanol–water partition coefficient (Wildman–Crippen LogP) is 2.76. The van der Waals surface area contributed by atoms with E-state index in [1.54, 1.807) is 4.68 Å². The average molecular weight is 293 g/mol. The molecule has 0 amide bonds. The Morgan fingerprint density at radius 1 is 1.00 bits per heavy atom. The smallest absolute Gasteiger partial charge is 0.161 e. The second-order valence-corrected chi connectivity index (χ2v) is 4.51. The Labute approximate surface area is 125 Å². The fraction of sp³-hybridized carbons (Fsp3) is 0.600. The van der Waals surface area contributed by atoms with Crippen molar-refractivity contribution in [3.05, 3.63) is 24.3 Å². The van der Waals surface area contributed by atoms with Crippen LogP contribution in [0.2, 0.25) is 0 Å². The van der Waals surface area contributed by atoms with Crippen molar-refractivity contribution < 1.29 is 14.2 Å². The number of benzene rings is 1. The van der Waals surface area contributed by atoms with Crippen molar-refractivity contribution in [1.29, 1.82) is 0 Å². The lowest BCUT2D eigenvalue weighted by Crippen LogP contribution is -2.25. The summed E-state index contributed by atoms with van der Waals surface area (Å²) in [5, 5.41) is 8.39. The van der Waals surface area contributed by atoms with Gasteiger partial charge in [-0.2, -0.15) is 0 Å². The van der Waals surface area contributed by atoms with Crippen LogP contribution in [-0.2, 0) is 14.2 Å². The Morgan fingerprint density at radius 3 is 2.33 bits per heavy atom. The van der Waals surface area contributed by atoms with E-state index in [1.165, 1.54) is 0 Å². The van der Waals surface area contributed by atoms with E-state index >= 15 is 0 Å². The number of nitrogens with zero attached hydrogens (tertiary/aromatic N) is 3. The molecule has 1 aromatic heterocycles. The summed E-state index contributed by atoms with van der Waals surface area (Å²) in [5.74, 6) is 0. The maximum absolute atomic E-state index is 5.82.